The maximum absolute atomic E-state index is 12.7. The largest absolute Gasteiger partial charge is 0.453 e. The maximum atomic E-state index is 12.7. The third kappa shape index (κ3) is 2.94. The van der Waals surface area contributed by atoms with Crippen molar-refractivity contribution < 1.29 is 13.2 Å². The Labute approximate surface area is 120 Å². The Morgan fingerprint density at radius 3 is 2.81 bits per heavy atom. The minimum Gasteiger partial charge on any atom is -0.368 e. The normalized spacial score (nSPS) is 12.0. The van der Waals surface area contributed by atoms with Crippen molar-refractivity contribution in [1.29, 1.82) is 0 Å². The molecule has 0 spiro atoms. The van der Waals surface area contributed by atoms with E-state index in [0.717, 1.165) is 5.01 Å². The summed E-state index contributed by atoms with van der Waals surface area (Å²) in [6, 6.07) is 2.99. The molecule has 6 nitrogen and oxygen atoms in total. The lowest BCUT2D eigenvalue weighted by Gasteiger charge is -2.06. The van der Waals surface area contributed by atoms with Crippen molar-refractivity contribution in [1.82, 2.24) is 24.8 Å². The van der Waals surface area contributed by atoms with E-state index in [1.807, 2.05) is 5.38 Å². The molecule has 0 fully saturated rings. The number of hydrogen-bond donors (Lipinski definition) is 1. The number of anilines is 1. The molecule has 3 heterocycles. The molecule has 0 radical (unpaired) electrons. The van der Waals surface area contributed by atoms with Gasteiger partial charge in [0.1, 0.15) is 5.82 Å². The predicted octanol–water partition coefficient (Wildman–Crippen LogP) is 2.25. The lowest BCUT2D eigenvalue weighted by molar-refractivity contribution is -0.146. The summed E-state index contributed by atoms with van der Waals surface area (Å²) in [4.78, 5) is 4.12. The molecule has 3 aromatic rings. The standard InChI is InChI=1S/C11H9F3N6S/c12-11(13,14)10-18-17-8-2-1-7(19-20(8)10)15-4-3-9-16-5-6-21-9/h1-2,5-6H,3-4H2,(H,15,19). The summed E-state index contributed by atoms with van der Waals surface area (Å²) in [6.45, 7) is 0.523. The van der Waals surface area contributed by atoms with Crippen molar-refractivity contribution in [3.05, 3.63) is 34.5 Å². The highest BCUT2D eigenvalue weighted by Gasteiger charge is 2.37. The monoisotopic (exact) mass is 314 g/mol. The van der Waals surface area contributed by atoms with Crippen molar-refractivity contribution in [3.63, 3.8) is 0 Å². The molecule has 0 aliphatic heterocycles. The molecule has 10 heteroatoms. The summed E-state index contributed by atoms with van der Waals surface area (Å²) in [6.07, 6.45) is -2.21. The SMILES string of the molecule is FC(F)(F)c1nnc2ccc(NCCc3nccs3)nn12. The molecule has 0 saturated carbocycles. The second-order valence-corrected chi connectivity index (χ2v) is 5.09. The van der Waals surface area contributed by atoms with E-state index in [-0.39, 0.29) is 5.65 Å². The number of aromatic nitrogens is 5. The predicted molar refractivity (Wildman–Crippen MR) is 70.1 cm³/mol. The first-order valence-electron chi connectivity index (χ1n) is 5.96. The zero-order valence-corrected chi connectivity index (χ0v) is 11.3. The van der Waals surface area contributed by atoms with Crippen molar-refractivity contribution in [2.75, 3.05) is 11.9 Å². The summed E-state index contributed by atoms with van der Waals surface area (Å²) in [7, 11) is 0. The van der Waals surface area contributed by atoms with E-state index >= 15 is 0 Å². The fourth-order valence-electron chi connectivity index (χ4n) is 1.73. The molecule has 0 unspecified atom stereocenters. The van der Waals surface area contributed by atoms with Gasteiger partial charge in [0.15, 0.2) is 5.65 Å². The van der Waals surface area contributed by atoms with Crippen molar-refractivity contribution in [2.45, 2.75) is 12.6 Å². The van der Waals surface area contributed by atoms with Gasteiger partial charge in [0.2, 0.25) is 0 Å². The fraction of sp³-hybridized carbons (Fsp3) is 0.273. The molecule has 3 rings (SSSR count). The van der Waals surface area contributed by atoms with Gasteiger partial charge in [0, 0.05) is 24.5 Å². The number of nitrogens with zero attached hydrogens (tertiary/aromatic N) is 5. The number of thiazole rings is 1. The second kappa shape index (κ2) is 5.28. The first kappa shape index (κ1) is 13.7. The average Bonchev–Trinajstić information content (AvgIpc) is 3.05. The van der Waals surface area contributed by atoms with Crippen LogP contribution in [-0.2, 0) is 12.6 Å². The topological polar surface area (TPSA) is 68.0 Å². The average molecular weight is 314 g/mol. The van der Waals surface area contributed by atoms with Crippen LogP contribution in [0.3, 0.4) is 0 Å². The molecule has 0 bridgehead atoms. The van der Waals surface area contributed by atoms with Gasteiger partial charge in [0.05, 0.1) is 5.01 Å². The minimum absolute atomic E-state index is 0.0489. The molecular weight excluding hydrogens is 305 g/mol. The molecular formula is C11H9F3N6S. The van der Waals surface area contributed by atoms with E-state index in [1.54, 1.807) is 12.3 Å². The minimum atomic E-state index is -4.59. The first-order chi connectivity index (χ1) is 10.0. The molecule has 0 aliphatic rings. The van der Waals surface area contributed by atoms with Gasteiger partial charge in [-0.15, -0.1) is 26.6 Å². The second-order valence-electron chi connectivity index (χ2n) is 4.11. The van der Waals surface area contributed by atoms with Gasteiger partial charge in [-0.1, -0.05) is 0 Å². The fourth-order valence-corrected chi connectivity index (χ4v) is 2.35. The van der Waals surface area contributed by atoms with Crippen molar-refractivity contribution in [3.8, 4) is 0 Å². The van der Waals surface area contributed by atoms with E-state index in [1.165, 1.54) is 17.4 Å². The van der Waals surface area contributed by atoms with Crippen LogP contribution in [0.2, 0.25) is 0 Å². The van der Waals surface area contributed by atoms with Gasteiger partial charge in [-0.05, 0) is 12.1 Å². The zero-order chi connectivity index (χ0) is 14.9. The van der Waals surface area contributed by atoms with Crippen LogP contribution < -0.4 is 5.32 Å². The highest BCUT2D eigenvalue weighted by molar-refractivity contribution is 7.09. The third-order valence-electron chi connectivity index (χ3n) is 2.64. The van der Waals surface area contributed by atoms with E-state index in [4.69, 9.17) is 0 Å². The van der Waals surface area contributed by atoms with E-state index in [2.05, 4.69) is 25.6 Å². The molecule has 0 aliphatic carbocycles. The Morgan fingerprint density at radius 1 is 1.24 bits per heavy atom. The summed E-state index contributed by atoms with van der Waals surface area (Å²) in [5, 5.41) is 16.2. The number of alkyl halides is 3. The zero-order valence-electron chi connectivity index (χ0n) is 10.5. The number of nitrogens with one attached hydrogen (secondary N) is 1. The summed E-state index contributed by atoms with van der Waals surface area (Å²) in [5.41, 5.74) is 0.0489. The lowest BCUT2D eigenvalue weighted by atomic mass is 10.4. The van der Waals surface area contributed by atoms with Crippen LogP contribution in [0.5, 0.6) is 0 Å². The molecule has 3 aromatic heterocycles. The molecule has 0 aromatic carbocycles. The quantitative estimate of drug-likeness (QED) is 0.800. The number of hydrogen-bond acceptors (Lipinski definition) is 6. The highest BCUT2D eigenvalue weighted by atomic mass is 32.1. The van der Waals surface area contributed by atoms with E-state index in [9.17, 15) is 13.2 Å². The summed E-state index contributed by atoms with van der Waals surface area (Å²) in [5.74, 6) is -0.814. The third-order valence-corrected chi connectivity index (χ3v) is 3.48. The van der Waals surface area contributed by atoms with Crippen LogP contribution in [0.1, 0.15) is 10.8 Å². The van der Waals surface area contributed by atoms with Gasteiger partial charge in [-0.2, -0.15) is 17.7 Å². The van der Waals surface area contributed by atoms with Gasteiger partial charge in [-0.25, -0.2) is 4.98 Å². The van der Waals surface area contributed by atoms with Gasteiger partial charge >= 0.3 is 6.18 Å². The number of halogens is 3. The van der Waals surface area contributed by atoms with E-state index in [0.29, 0.717) is 23.3 Å². The van der Waals surface area contributed by atoms with Crippen LogP contribution in [0, 0.1) is 0 Å². The number of rotatable bonds is 4. The van der Waals surface area contributed by atoms with Crippen LogP contribution >= 0.6 is 11.3 Å². The molecule has 0 amide bonds. The molecule has 110 valence electrons. The van der Waals surface area contributed by atoms with Gasteiger partial charge in [0.25, 0.3) is 5.82 Å². The Morgan fingerprint density at radius 2 is 2.10 bits per heavy atom. The number of fused-ring (bicyclic) bond motifs is 1. The van der Waals surface area contributed by atoms with Crippen LogP contribution in [0.15, 0.2) is 23.7 Å². The molecule has 1 N–H and O–H groups in total. The van der Waals surface area contributed by atoms with E-state index < -0.39 is 12.0 Å². The van der Waals surface area contributed by atoms with Crippen LogP contribution in [-0.4, -0.2) is 31.3 Å². The highest BCUT2D eigenvalue weighted by Crippen LogP contribution is 2.27. The molecule has 0 saturated heterocycles. The van der Waals surface area contributed by atoms with Crippen LogP contribution in [0.25, 0.3) is 5.65 Å². The van der Waals surface area contributed by atoms with Crippen molar-refractivity contribution in [2.24, 2.45) is 0 Å². The Balaban J connectivity index is 1.77. The first-order valence-corrected chi connectivity index (χ1v) is 6.84. The summed E-state index contributed by atoms with van der Waals surface area (Å²) >= 11 is 1.52. The molecule has 21 heavy (non-hydrogen) atoms. The lowest BCUT2D eigenvalue weighted by Crippen LogP contribution is -2.14. The maximum Gasteiger partial charge on any atom is 0.453 e. The Bertz CT molecular complexity index is 736. The van der Waals surface area contributed by atoms with Gasteiger partial charge < -0.3 is 5.32 Å². The van der Waals surface area contributed by atoms with Gasteiger partial charge in [-0.3, -0.25) is 0 Å². The van der Waals surface area contributed by atoms with Crippen LogP contribution in [0.4, 0.5) is 19.0 Å². The summed E-state index contributed by atoms with van der Waals surface area (Å²) < 4.78 is 38.9. The molecule has 0 atom stereocenters. The Kier molecular flexibility index (Phi) is 3.45. The smallest absolute Gasteiger partial charge is 0.368 e. The van der Waals surface area contributed by atoms with Crippen molar-refractivity contribution >= 4 is 22.8 Å². The Hall–Kier alpha value is -2.23.